The van der Waals surface area contributed by atoms with Crippen molar-refractivity contribution in [3.63, 3.8) is 0 Å². The summed E-state index contributed by atoms with van der Waals surface area (Å²) < 4.78 is 5.60. The Balaban J connectivity index is 1.77. The smallest absolute Gasteiger partial charge is 0.249 e. The van der Waals surface area contributed by atoms with Crippen LogP contribution in [0.25, 0.3) is 11.5 Å². The van der Waals surface area contributed by atoms with Gasteiger partial charge in [-0.1, -0.05) is 0 Å². The quantitative estimate of drug-likeness (QED) is 0.866. The molecule has 5 heteroatoms. The van der Waals surface area contributed by atoms with Crippen LogP contribution in [0.2, 0.25) is 0 Å². The zero-order valence-corrected chi connectivity index (χ0v) is 9.68. The fourth-order valence-corrected chi connectivity index (χ4v) is 1.66. The fourth-order valence-electron chi connectivity index (χ4n) is 1.66. The van der Waals surface area contributed by atoms with E-state index in [1.165, 1.54) is 12.8 Å². The first-order chi connectivity index (χ1) is 8.33. The lowest BCUT2D eigenvalue weighted by molar-refractivity contribution is 0.476. The summed E-state index contributed by atoms with van der Waals surface area (Å²) in [5.41, 5.74) is 1.80. The number of nitrogens with one attached hydrogen (secondary N) is 1. The first-order valence-corrected chi connectivity index (χ1v) is 5.80. The van der Waals surface area contributed by atoms with Crippen molar-refractivity contribution in [1.29, 1.82) is 0 Å². The molecule has 1 aliphatic rings. The third-order valence-electron chi connectivity index (χ3n) is 2.82. The minimum Gasteiger partial charge on any atom is -0.419 e. The molecule has 0 atom stereocenters. The predicted molar refractivity (Wildman–Crippen MR) is 62.1 cm³/mol. The van der Waals surface area contributed by atoms with Crippen LogP contribution in [0.1, 0.15) is 24.4 Å². The van der Waals surface area contributed by atoms with Gasteiger partial charge in [-0.25, -0.2) is 0 Å². The molecule has 0 unspecified atom stereocenters. The largest absolute Gasteiger partial charge is 0.419 e. The standard InChI is InChI=1S/C12H14N4O/c1-8-10(3-2-6-13-8)12-16-15-11(17-12)7-14-9-4-5-9/h2-3,6,9,14H,4-5,7H2,1H3. The summed E-state index contributed by atoms with van der Waals surface area (Å²) in [5, 5.41) is 11.4. The Morgan fingerprint density at radius 1 is 1.41 bits per heavy atom. The predicted octanol–water partition coefficient (Wildman–Crippen LogP) is 1.69. The molecule has 0 aromatic carbocycles. The maximum atomic E-state index is 5.60. The van der Waals surface area contributed by atoms with Crippen molar-refractivity contribution >= 4 is 0 Å². The molecule has 88 valence electrons. The van der Waals surface area contributed by atoms with Crippen molar-refractivity contribution in [3.05, 3.63) is 29.9 Å². The van der Waals surface area contributed by atoms with Crippen molar-refractivity contribution < 1.29 is 4.42 Å². The van der Waals surface area contributed by atoms with Gasteiger partial charge in [-0.15, -0.1) is 10.2 Å². The second kappa shape index (κ2) is 4.25. The molecule has 5 nitrogen and oxygen atoms in total. The van der Waals surface area contributed by atoms with Gasteiger partial charge in [0.15, 0.2) is 0 Å². The van der Waals surface area contributed by atoms with E-state index < -0.39 is 0 Å². The maximum absolute atomic E-state index is 5.60. The Morgan fingerprint density at radius 3 is 3.06 bits per heavy atom. The normalized spacial score (nSPS) is 15.1. The minimum atomic E-state index is 0.545. The lowest BCUT2D eigenvalue weighted by Crippen LogP contribution is -2.15. The van der Waals surface area contributed by atoms with E-state index in [1.807, 2.05) is 19.1 Å². The summed E-state index contributed by atoms with van der Waals surface area (Å²) in [6.45, 7) is 2.58. The van der Waals surface area contributed by atoms with Gasteiger partial charge in [-0.05, 0) is 31.9 Å². The Morgan fingerprint density at radius 2 is 2.29 bits per heavy atom. The summed E-state index contributed by atoms with van der Waals surface area (Å²) in [7, 11) is 0. The molecule has 0 radical (unpaired) electrons. The molecule has 2 heterocycles. The van der Waals surface area contributed by atoms with Crippen LogP contribution in [-0.4, -0.2) is 21.2 Å². The molecule has 1 fully saturated rings. The summed E-state index contributed by atoms with van der Waals surface area (Å²) in [6.07, 6.45) is 4.26. The van der Waals surface area contributed by atoms with Gasteiger partial charge in [-0.2, -0.15) is 0 Å². The van der Waals surface area contributed by atoms with Gasteiger partial charge in [0.2, 0.25) is 11.8 Å². The van der Waals surface area contributed by atoms with Crippen LogP contribution >= 0.6 is 0 Å². The number of hydrogen-bond acceptors (Lipinski definition) is 5. The number of pyridine rings is 1. The number of aromatic nitrogens is 3. The highest BCUT2D eigenvalue weighted by atomic mass is 16.4. The number of nitrogens with zero attached hydrogens (tertiary/aromatic N) is 3. The van der Waals surface area contributed by atoms with Crippen LogP contribution in [0.3, 0.4) is 0 Å². The highest BCUT2D eigenvalue weighted by Gasteiger charge is 2.21. The number of rotatable bonds is 4. The second-order valence-corrected chi connectivity index (χ2v) is 4.29. The molecule has 0 saturated heterocycles. The van der Waals surface area contributed by atoms with E-state index in [2.05, 4.69) is 20.5 Å². The van der Waals surface area contributed by atoms with Crippen LogP contribution in [-0.2, 0) is 6.54 Å². The first-order valence-electron chi connectivity index (χ1n) is 5.80. The molecule has 17 heavy (non-hydrogen) atoms. The van der Waals surface area contributed by atoms with E-state index in [9.17, 15) is 0 Å². The van der Waals surface area contributed by atoms with Crippen molar-refractivity contribution in [2.45, 2.75) is 32.4 Å². The lowest BCUT2D eigenvalue weighted by Gasteiger charge is -1.98. The van der Waals surface area contributed by atoms with E-state index in [-0.39, 0.29) is 0 Å². The van der Waals surface area contributed by atoms with Crippen LogP contribution in [0.15, 0.2) is 22.7 Å². The SMILES string of the molecule is Cc1ncccc1-c1nnc(CNC2CC2)o1. The molecule has 1 saturated carbocycles. The Kier molecular flexibility index (Phi) is 2.60. The van der Waals surface area contributed by atoms with E-state index in [4.69, 9.17) is 4.42 Å². The Labute approximate surface area is 99.3 Å². The van der Waals surface area contributed by atoms with Crippen molar-refractivity contribution in [2.24, 2.45) is 0 Å². The molecular formula is C12H14N4O. The average Bonchev–Trinajstić information content (AvgIpc) is 3.06. The molecule has 0 bridgehead atoms. The third kappa shape index (κ3) is 2.34. The second-order valence-electron chi connectivity index (χ2n) is 4.29. The van der Waals surface area contributed by atoms with Gasteiger partial charge in [-0.3, -0.25) is 4.98 Å². The molecule has 0 amide bonds. The minimum absolute atomic E-state index is 0.545. The Bertz CT molecular complexity index is 519. The molecule has 0 aliphatic heterocycles. The average molecular weight is 230 g/mol. The van der Waals surface area contributed by atoms with Crippen LogP contribution in [0.5, 0.6) is 0 Å². The van der Waals surface area contributed by atoms with Crippen LogP contribution < -0.4 is 5.32 Å². The van der Waals surface area contributed by atoms with E-state index in [0.29, 0.717) is 24.4 Å². The number of hydrogen-bond donors (Lipinski definition) is 1. The zero-order chi connectivity index (χ0) is 11.7. The lowest BCUT2D eigenvalue weighted by atomic mass is 10.2. The molecule has 2 aromatic heterocycles. The van der Waals surface area contributed by atoms with Crippen molar-refractivity contribution in [3.8, 4) is 11.5 Å². The van der Waals surface area contributed by atoms with Crippen molar-refractivity contribution in [2.75, 3.05) is 0 Å². The van der Waals surface area contributed by atoms with Crippen LogP contribution in [0.4, 0.5) is 0 Å². The van der Waals surface area contributed by atoms with E-state index >= 15 is 0 Å². The van der Waals surface area contributed by atoms with Crippen LogP contribution in [0, 0.1) is 6.92 Å². The van der Waals surface area contributed by atoms with Crippen molar-refractivity contribution in [1.82, 2.24) is 20.5 Å². The molecule has 2 aromatic rings. The number of aryl methyl sites for hydroxylation is 1. The highest BCUT2D eigenvalue weighted by Crippen LogP contribution is 2.21. The summed E-state index contributed by atoms with van der Waals surface area (Å²) in [4.78, 5) is 4.21. The van der Waals surface area contributed by atoms with Gasteiger partial charge in [0.1, 0.15) is 0 Å². The van der Waals surface area contributed by atoms with E-state index in [1.54, 1.807) is 6.20 Å². The highest BCUT2D eigenvalue weighted by molar-refractivity contribution is 5.54. The van der Waals surface area contributed by atoms with E-state index in [0.717, 1.165) is 11.3 Å². The molecule has 1 aliphatic carbocycles. The van der Waals surface area contributed by atoms with Gasteiger partial charge in [0.25, 0.3) is 0 Å². The molecule has 0 spiro atoms. The van der Waals surface area contributed by atoms with Gasteiger partial charge in [0.05, 0.1) is 12.1 Å². The van der Waals surface area contributed by atoms with Gasteiger partial charge < -0.3 is 9.73 Å². The molecule has 3 rings (SSSR count). The summed E-state index contributed by atoms with van der Waals surface area (Å²) in [5.74, 6) is 1.18. The zero-order valence-electron chi connectivity index (χ0n) is 9.68. The maximum Gasteiger partial charge on any atom is 0.249 e. The van der Waals surface area contributed by atoms with Gasteiger partial charge in [0, 0.05) is 17.9 Å². The molecule has 1 N–H and O–H groups in total. The van der Waals surface area contributed by atoms with Gasteiger partial charge >= 0.3 is 0 Å². The topological polar surface area (TPSA) is 63.8 Å². The third-order valence-corrected chi connectivity index (χ3v) is 2.82. The molecular weight excluding hydrogens is 216 g/mol. The fraction of sp³-hybridized carbons (Fsp3) is 0.417. The summed E-state index contributed by atoms with van der Waals surface area (Å²) in [6, 6.07) is 4.45. The monoisotopic (exact) mass is 230 g/mol. The first kappa shape index (κ1) is 10.4. The summed E-state index contributed by atoms with van der Waals surface area (Å²) >= 11 is 0. The Hall–Kier alpha value is -1.75.